The van der Waals surface area contributed by atoms with E-state index in [1.807, 2.05) is 20.8 Å². The first-order valence-corrected chi connectivity index (χ1v) is 6.96. The van der Waals surface area contributed by atoms with Gasteiger partial charge < -0.3 is 9.64 Å². The predicted molar refractivity (Wildman–Crippen MR) is 69.9 cm³/mol. The van der Waals surface area contributed by atoms with Crippen LogP contribution < -0.4 is 0 Å². The molecule has 1 fully saturated rings. The summed E-state index contributed by atoms with van der Waals surface area (Å²) >= 11 is 0. The van der Waals surface area contributed by atoms with Crippen LogP contribution in [0.25, 0.3) is 0 Å². The molecule has 0 saturated carbocycles. The van der Waals surface area contributed by atoms with E-state index in [-0.39, 0.29) is 11.4 Å². The van der Waals surface area contributed by atoms with Gasteiger partial charge in [-0.1, -0.05) is 13.3 Å². The second kappa shape index (κ2) is 7.00. The molecule has 0 atom stereocenters. The number of rotatable bonds is 6. The lowest BCUT2D eigenvalue weighted by Gasteiger charge is -2.26. The normalized spacial score (nSPS) is 18.1. The Morgan fingerprint density at radius 2 is 1.88 bits per heavy atom. The fourth-order valence-corrected chi connectivity index (χ4v) is 1.98. The first kappa shape index (κ1) is 14.5. The van der Waals surface area contributed by atoms with E-state index in [1.165, 1.54) is 32.4 Å². The third kappa shape index (κ3) is 5.07. The largest absolute Gasteiger partial charge is 0.465 e. The van der Waals surface area contributed by atoms with Crippen LogP contribution in [0, 0.1) is 5.41 Å². The molecule has 0 unspecified atom stereocenters. The lowest BCUT2D eigenvalue weighted by atomic mass is 9.91. The number of hydrogen-bond acceptors (Lipinski definition) is 3. The van der Waals surface area contributed by atoms with Gasteiger partial charge in [-0.3, -0.25) is 4.79 Å². The molecule has 0 aromatic rings. The Balaban J connectivity index is 2.09. The highest BCUT2D eigenvalue weighted by molar-refractivity contribution is 5.75. The molecule has 3 heteroatoms. The predicted octanol–water partition coefficient (Wildman–Crippen LogP) is 2.84. The molecular weight excluding hydrogens is 214 g/mol. The first-order valence-electron chi connectivity index (χ1n) is 6.96. The molecule has 3 nitrogen and oxygen atoms in total. The molecule has 0 N–H and O–H groups in total. The van der Waals surface area contributed by atoms with E-state index < -0.39 is 0 Å². The molecule has 0 amide bonds. The number of nitrogens with zero attached hydrogens (tertiary/aromatic N) is 1. The Kier molecular flexibility index (Phi) is 5.96. The molecule has 0 radical (unpaired) electrons. The Morgan fingerprint density at radius 3 is 2.47 bits per heavy atom. The van der Waals surface area contributed by atoms with Gasteiger partial charge in [0.05, 0.1) is 12.0 Å². The van der Waals surface area contributed by atoms with E-state index in [9.17, 15) is 4.79 Å². The maximum atomic E-state index is 11.7. The maximum absolute atomic E-state index is 11.7. The number of esters is 1. The third-order valence-corrected chi connectivity index (χ3v) is 3.74. The summed E-state index contributed by atoms with van der Waals surface area (Å²) in [5.41, 5.74) is -0.328. The minimum absolute atomic E-state index is 0.0568. The van der Waals surface area contributed by atoms with Gasteiger partial charge in [0.1, 0.15) is 0 Å². The van der Waals surface area contributed by atoms with Crippen LogP contribution >= 0.6 is 0 Å². The second-order valence-electron chi connectivity index (χ2n) is 5.63. The van der Waals surface area contributed by atoms with Gasteiger partial charge in [0.25, 0.3) is 0 Å². The fraction of sp³-hybridized carbons (Fsp3) is 0.929. The summed E-state index contributed by atoms with van der Waals surface area (Å²) in [6, 6.07) is 0. The Hall–Kier alpha value is -0.570. The van der Waals surface area contributed by atoms with Crippen LogP contribution in [0.4, 0.5) is 0 Å². The maximum Gasteiger partial charge on any atom is 0.311 e. The van der Waals surface area contributed by atoms with E-state index in [0.717, 1.165) is 19.4 Å². The van der Waals surface area contributed by atoms with Crippen molar-refractivity contribution < 1.29 is 9.53 Å². The molecule has 0 spiro atoms. The summed E-state index contributed by atoms with van der Waals surface area (Å²) in [6.45, 7) is 9.98. The zero-order valence-corrected chi connectivity index (χ0v) is 11.6. The van der Waals surface area contributed by atoms with Crippen LogP contribution in [0.5, 0.6) is 0 Å². The molecule has 0 aromatic carbocycles. The van der Waals surface area contributed by atoms with Crippen molar-refractivity contribution in [3.8, 4) is 0 Å². The van der Waals surface area contributed by atoms with Crippen molar-refractivity contribution in [1.82, 2.24) is 4.90 Å². The SMILES string of the molecule is CCC(C)(C)C(=O)OCCCN1CCCCC1. The number of hydrogen-bond donors (Lipinski definition) is 0. The minimum atomic E-state index is -0.328. The zero-order valence-electron chi connectivity index (χ0n) is 11.6. The lowest BCUT2D eigenvalue weighted by Crippen LogP contribution is -2.32. The van der Waals surface area contributed by atoms with Gasteiger partial charge in [-0.25, -0.2) is 0 Å². The highest BCUT2D eigenvalue weighted by Crippen LogP contribution is 2.21. The van der Waals surface area contributed by atoms with Crippen LogP contribution in [0.15, 0.2) is 0 Å². The Labute approximate surface area is 106 Å². The van der Waals surface area contributed by atoms with E-state index in [2.05, 4.69) is 4.90 Å². The van der Waals surface area contributed by atoms with Crippen LogP contribution in [0.1, 0.15) is 52.9 Å². The topological polar surface area (TPSA) is 29.5 Å². The number of ether oxygens (including phenoxy) is 1. The molecule has 0 bridgehead atoms. The van der Waals surface area contributed by atoms with E-state index in [0.29, 0.717) is 6.61 Å². The molecule has 1 rings (SSSR count). The average molecular weight is 241 g/mol. The van der Waals surface area contributed by atoms with Crippen LogP contribution in [-0.4, -0.2) is 37.1 Å². The fourth-order valence-electron chi connectivity index (χ4n) is 1.98. The summed E-state index contributed by atoms with van der Waals surface area (Å²) < 4.78 is 5.32. The van der Waals surface area contributed by atoms with Gasteiger partial charge in [-0.2, -0.15) is 0 Å². The quantitative estimate of drug-likeness (QED) is 0.529. The standard InChI is InChI=1S/C14H27NO2/c1-4-14(2,3)13(16)17-12-8-11-15-9-6-5-7-10-15/h4-12H2,1-3H3. The minimum Gasteiger partial charge on any atom is -0.465 e. The lowest BCUT2D eigenvalue weighted by molar-refractivity contribution is -0.154. The van der Waals surface area contributed by atoms with Gasteiger partial charge in [0.15, 0.2) is 0 Å². The number of carbonyl (C=O) groups excluding carboxylic acids is 1. The van der Waals surface area contributed by atoms with Crippen molar-refractivity contribution in [2.75, 3.05) is 26.2 Å². The van der Waals surface area contributed by atoms with Crippen molar-refractivity contribution in [3.63, 3.8) is 0 Å². The van der Waals surface area contributed by atoms with Crippen LogP contribution in [0.3, 0.4) is 0 Å². The summed E-state index contributed by atoms with van der Waals surface area (Å²) in [7, 11) is 0. The van der Waals surface area contributed by atoms with Crippen LogP contribution in [0.2, 0.25) is 0 Å². The van der Waals surface area contributed by atoms with E-state index in [4.69, 9.17) is 4.74 Å². The van der Waals surface area contributed by atoms with Gasteiger partial charge in [-0.15, -0.1) is 0 Å². The monoisotopic (exact) mass is 241 g/mol. The number of likely N-dealkylation sites (tertiary alicyclic amines) is 1. The number of piperidine rings is 1. The highest BCUT2D eigenvalue weighted by atomic mass is 16.5. The van der Waals surface area contributed by atoms with Crippen molar-refractivity contribution in [3.05, 3.63) is 0 Å². The summed E-state index contributed by atoms with van der Waals surface area (Å²) in [5.74, 6) is -0.0568. The Morgan fingerprint density at radius 1 is 1.24 bits per heavy atom. The molecule has 17 heavy (non-hydrogen) atoms. The smallest absolute Gasteiger partial charge is 0.311 e. The molecule has 1 saturated heterocycles. The Bertz CT molecular complexity index is 232. The molecule has 0 aromatic heterocycles. The van der Waals surface area contributed by atoms with Crippen molar-refractivity contribution in [2.45, 2.75) is 52.9 Å². The molecule has 0 aliphatic carbocycles. The molecule has 1 aliphatic heterocycles. The summed E-state index contributed by atoms with van der Waals surface area (Å²) in [5, 5.41) is 0. The van der Waals surface area contributed by atoms with Crippen molar-refractivity contribution >= 4 is 5.97 Å². The van der Waals surface area contributed by atoms with Gasteiger partial charge in [-0.05, 0) is 52.6 Å². The number of carbonyl (C=O) groups is 1. The van der Waals surface area contributed by atoms with Gasteiger partial charge in [0.2, 0.25) is 0 Å². The highest BCUT2D eigenvalue weighted by Gasteiger charge is 2.26. The summed E-state index contributed by atoms with van der Waals surface area (Å²) in [4.78, 5) is 14.2. The van der Waals surface area contributed by atoms with Gasteiger partial charge in [0, 0.05) is 6.54 Å². The van der Waals surface area contributed by atoms with Crippen LogP contribution in [-0.2, 0) is 9.53 Å². The third-order valence-electron chi connectivity index (χ3n) is 3.74. The van der Waals surface area contributed by atoms with Crippen molar-refractivity contribution in [1.29, 1.82) is 0 Å². The first-order chi connectivity index (χ1) is 8.06. The van der Waals surface area contributed by atoms with E-state index >= 15 is 0 Å². The van der Waals surface area contributed by atoms with Gasteiger partial charge >= 0.3 is 5.97 Å². The molecule has 1 aliphatic rings. The molecule has 100 valence electrons. The zero-order chi connectivity index (χ0) is 12.7. The van der Waals surface area contributed by atoms with E-state index in [1.54, 1.807) is 0 Å². The average Bonchev–Trinajstić information content (AvgIpc) is 2.35. The second-order valence-corrected chi connectivity index (χ2v) is 5.63. The molecular formula is C14H27NO2. The van der Waals surface area contributed by atoms with Crippen molar-refractivity contribution in [2.24, 2.45) is 5.41 Å². The summed E-state index contributed by atoms with van der Waals surface area (Å²) in [6.07, 6.45) is 5.81. The molecule has 1 heterocycles.